The van der Waals surface area contributed by atoms with E-state index in [0.29, 0.717) is 13.1 Å². The maximum absolute atomic E-state index is 12.7. The summed E-state index contributed by atoms with van der Waals surface area (Å²) in [5, 5.41) is 3.34. The van der Waals surface area contributed by atoms with E-state index < -0.39 is 6.61 Å². The van der Waals surface area contributed by atoms with E-state index in [4.69, 9.17) is 0 Å². The Morgan fingerprint density at radius 1 is 1.22 bits per heavy atom. The summed E-state index contributed by atoms with van der Waals surface area (Å²) in [6.07, 6.45) is 3.11. The molecule has 128 valence electrons. The number of alkyl halides is 2. The van der Waals surface area contributed by atoms with Gasteiger partial charge in [0, 0.05) is 13.1 Å². The lowest BCUT2D eigenvalue weighted by molar-refractivity contribution is -0.0502. The van der Waals surface area contributed by atoms with Crippen LogP contribution in [0.1, 0.15) is 29.6 Å². The Balaban J connectivity index is 0.00000192. The first kappa shape index (κ1) is 17.9. The summed E-state index contributed by atoms with van der Waals surface area (Å²) in [4.78, 5) is 14.4. The van der Waals surface area contributed by atoms with Crippen LogP contribution in [0.5, 0.6) is 5.75 Å². The lowest BCUT2D eigenvalue weighted by Crippen LogP contribution is -2.39. The molecule has 1 aromatic carbocycles. The second-order valence-corrected chi connectivity index (χ2v) is 6.10. The van der Waals surface area contributed by atoms with Crippen LogP contribution in [0.25, 0.3) is 0 Å². The first-order valence-corrected chi connectivity index (χ1v) is 7.64. The lowest BCUT2D eigenvalue weighted by Gasteiger charge is -2.33. The minimum Gasteiger partial charge on any atom is -0.434 e. The van der Waals surface area contributed by atoms with Crippen LogP contribution in [-0.2, 0) is 0 Å². The van der Waals surface area contributed by atoms with Crippen molar-refractivity contribution in [1.82, 2.24) is 10.2 Å². The third kappa shape index (κ3) is 3.93. The predicted octanol–water partition coefficient (Wildman–Crippen LogP) is 2.93. The number of likely N-dealkylation sites (tertiary alicyclic amines) is 1. The molecular weight excluding hydrogens is 326 g/mol. The van der Waals surface area contributed by atoms with Crippen LogP contribution in [0.4, 0.5) is 8.78 Å². The molecule has 2 aliphatic heterocycles. The molecular formula is C16H21ClF2N2O2. The van der Waals surface area contributed by atoms with Crippen molar-refractivity contribution in [2.45, 2.75) is 25.9 Å². The van der Waals surface area contributed by atoms with Crippen LogP contribution in [0, 0.1) is 5.41 Å². The number of ether oxygens (including phenoxy) is 1. The second-order valence-electron chi connectivity index (χ2n) is 6.10. The fourth-order valence-corrected chi connectivity index (χ4v) is 3.49. The van der Waals surface area contributed by atoms with Gasteiger partial charge < -0.3 is 15.0 Å². The first-order chi connectivity index (χ1) is 10.6. The van der Waals surface area contributed by atoms with Gasteiger partial charge in [0.1, 0.15) is 5.75 Å². The summed E-state index contributed by atoms with van der Waals surface area (Å²) in [5.41, 5.74) is 0.410. The van der Waals surface area contributed by atoms with E-state index in [-0.39, 0.29) is 35.0 Å². The van der Waals surface area contributed by atoms with E-state index >= 15 is 0 Å². The van der Waals surface area contributed by atoms with Gasteiger partial charge in [-0.3, -0.25) is 4.79 Å². The highest BCUT2D eigenvalue weighted by atomic mass is 35.5. The zero-order chi connectivity index (χ0) is 15.6. The summed E-state index contributed by atoms with van der Waals surface area (Å²) in [6.45, 7) is 0.418. The van der Waals surface area contributed by atoms with E-state index in [2.05, 4.69) is 10.1 Å². The second kappa shape index (κ2) is 7.45. The van der Waals surface area contributed by atoms with Crippen molar-refractivity contribution < 1.29 is 18.3 Å². The SMILES string of the molecule is Cl.O=C(c1ccccc1OC(F)F)N1CCC2(CCNCC2)C1. The average Bonchev–Trinajstić information content (AvgIpc) is 2.91. The summed E-state index contributed by atoms with van der Waals surface area (Å²) in [6, 6.07) is 6.22. The molecule has 0 aromatic heterocycles. The number of halogens is 3. The average molecular weight is 347 g/mol. The maximum atomic E-state index is 12.7. The molecule has 4 nitrogen and oxygen atoms in total. The molecule has 23 heavy (non-hydrogen) atoms. The van der Waals surface area contributed by atoms with Crippen LogP contribution >= 0.6 is 12.4 Å². The zero-order valence-corrected chi connectivity index (χ0v) is 13.6. The number of rotatable bonds is 3. The Bertz CT molecular complexity index is 551. The molecule has 0 unspecified atom stereocenters. The topological polar surface area (TPSA) is 41.6 Å². The number of nitrogens with one attached hydrogen (secondary N) is 1. The molecule has 3 rings (SSSR count). The molecule has 0 radical (unpaired) electrons. The van der Waals surface area contributed by atoms with Gasteiger partial charge in [0.15, 0.2) is 0 Å². The van der Waals surface area contributed by atoms with E-state index in [1.807, 2.05) is 0 Å². The van der Waals surface area contributed by atoms with Gasteiger partial charge in [-0.2, -0.15) is 8.78 Å². The van der Waals surface area contributed by atoms with Crippen molar-refractivity contribution in [3.63, 3.8) is 0 Å². The van der Waals surface area contributed by atoms with Gasteiger partial charge in [-0.25, -0.2) is 0 Å². The fourth-order valence-electron chi connectivity index (χ4n) is 3.49. The third-order valence-corrected chi connectivity index (χ3v) is 4.72. The van der Waals surface area contributed by atoms with Crippen molar-refractivity contribution in [2.75, 3.05) is 26.2 Å². The van der Waals surface area contributed by atoms with Crippen molar-refractivity contribution in [3.05, 3.63) is 29.8 Å². The molecule has 1 amide bonds. The summed E-state index contributed by atoms with van der Waals surface area (Å²) in [5.74, 6) is -0.264. The van der Waals surface area contributed by atoms with Gasteiger partial charge in [0.05, 0.1) is 5.56 Å². The van der Waals surface area contributed by atoms with Gasteiger partial charge in [-0.1, -0.05) is 12.1 Å². The number of carbonyl (C=O) groups is 1. The number of amides is 1. The van der Waals surface area contributed by atoms with E-state index in [1.54, 1.807) is 23.1 Å². The normalized spacial score (nSPS) is 19.7. The Morgan fingerprint density at radius 2 is 1.91 bits per heavy atom. The van der Waals surface area contributed by atoms with Crippen molar-refractivity contribution in [1.29, 1.82) is 0 Å². The van der Waals surface area contributed by atoms with Gasteiger partial charge in [0.2, 0.25) is 0 Å². The van der Waals surface area contributed by atoms with Gasteiger partial charge in [-0.15, -0.1) is 12.4 Å². The Labute approximate surface area is 140 Å². The number of carbonyl (C=O) groups excluding carboxylic acids is 1. The predicted molar refractivity (Wildman–Crippen MR) is 85.4 cm³/mol. The molecule has 2 saturated heterocycles. The molecule has 0 atom stereocenters. The van der Waals surface area contributed by atoms with Crippen LogP contribution < -0.4 is 10.1 Å². The van der Waals surface area contributed by atoms with E-state index in [0.717, 1.165) is 32.4 Å². The minimum atomic E-state index is -2.93. The van der Waals surface area contributed by atoms with Gasteiger partial charge in [-0.05, 0) is 49.9 Å². The van der Waals surface area contributed by atoms with Gasteiger partial charge in [0.25, 0.3) is 5.91 Å². The highest BCUT2D eigenvalue weighted by Gasteiger charge is 2.41. The van der Waals surface area contributed by atoms with Crippen molar-refractivity contribution in [2.24, 2.45) is 5.41 Å². The Kier molecular flexibility index (Phi) is 5.81. The van der Waals surface area contributed by atoms with Crippen LogP contribution in [0.15, 0.2) is 24.3 Å². The maximum Gasteiger partial charge on any atom is 0.387 e. The van der Waals surface area contributed by atoms with Crippen molar-refractivity contribution >= 4 is 18.3 Å². The molecule has 0 bridgehead atoms. The van der Waals surface area contributed by atoms with Gasteiger partial charge >= 0.3 is 6.61 Å². The molecule has 2 heterocycles. The summed E-state index contributed by atoms with van der Waals surface area (Å²) in [7, 11) is 0. The van der Waals surface area contributed by atoms with E-state index in [1.165, 1.54) is 6.07 Å². The number of nitrogens with zero attached hydrogens (tertiary/aromatic N) is 1. The molecule has 2 aliphatic rings. The highest BCUT2D eigenvalue weighted by molar-refractivity contribution is 5.97. The fraction of sp³-hybridized carbons (Fsp3) is 0.562. The summed E-state index contributed by atoms with van der Waals surface area (Å²) < 4.78 is 29.4. The molecule has 0 saturated carbocycles. The Morgan fingerprint density at radius 3 is 2.61 bits per heavy atom. The molecule has 2 fully saturated rings. The first-order valence-electron chi connectivity index (χ1n) is 7.64. The minimum absolute atomic E-state index is 0. The monoisotopic (exact) mass is 346 g/mol. The number of benzene rings is 1. The summed E-state index contributed by atoms with van der Waals surface area (Å²) >= 11 is 0. The zero-order valence-electron chi connectivity index (χ0n) is 12.8. The molecule has 1 N–H and O–H groups in total. The van der Waals surface area contributed by atoms with Crippen molar-refractivity contribution in [3.8, 4) is 5.75 Å². The number of hydrogen-bond donors (Lipinski definition) is 1. The third-order valence-electron chi connectivity index (χ3n) is 4.72. The largest absolute Gasteiger partial charge is 0.434 e. The highest BCUT2D eigenvalue weighted by Crippen LogP contribution is 2.39. The number of para-hydroxylation sites is 1. The van der Waals surface area contributed by atoms with Crippen LogP contribution in [0.3, 0.4) is 0 Å². The lowest BCUT2D eigenvalue weighted by atomic mass is 9.78. The standard InChI is InChI=1S/C16H20F2N2O2.ClH/c17-15(18)22-13-4-2-1-3-12(13)14(21)20-10-7-16(11-20)5-8-19-9-6-16;/h1-4,15,19H,5-11H2;1H. The Hall–Kier alpha value is -1.40. The number of piperidine rings is 1. The van der Waals surface area contributed by atoms with E-state index in [9.17, 15) is 13.6 Å². The van der Waals surface area contributed by atoms with Crippen LogP contribution in [0.2, 0.25) is 0 Å². The smallest absolute Gasteiger partial charge is 0.387 e. The molecule has 7 heteroatoms. The van der Waals surface area contributed by atoms with Crippen LogP contribution in [-0.4, -0.2) is 43.6 Å². The molecule has 1 aromatic rings. The quantitative estimate of drug-likeness (QED) is 0.915. The molecule has 0 aliphatic carbocycles. The molecule has 1 spiro atoms. The number of hydrogen-bond acceptors (Lipinski definition) is 3.